The molecule has 0 radical (unpaired) electrons. The topological polar surface area (TPSA) is 50.2 Å². The molecule has 1 aliphatic rings. The summed E-state index contributed by atoms with van der Waals surface area (Å²) in [6.07, 6.45) is 4.31. The minimum absolute atomic E-state index is 0.0711. The number of amides is 1. The largest absolute Gasteiger partial charge is 0.373 e. The molecule has 26 heavy (non-hydrogen) atoms. The van der Waals surface area contributed by atoms with E-state index in [1.54, 1.807) is 11.1 Å². The van der Waals surface area contributed by atoms with Crippen molar-refractivity contribution in [3.05, 3.63) is 77.1 Å². The highest BCUT2D eigenvalue weighted by Crippen LogP contribution is 2.29. The first-order chi connectivity index (χ1) is 12.6. The highest BCUT2D eigenvalue weighted by molar-refractivity contribution is 6.30. The van der Waals surface area contributed by atoms with Gasteiger partial charge in [-0.15, -0.1) is 0 Å². The van der Waals surface area contributed by atoms with Gasteiger partial charge in [-0.25, -0.2) is 4.68 Å². The number of fused-ring (bicyclic) bond motifs is 1. The Morgan fingerprint density at radius 2 is 2.19 bits per heavy atom. The van der Waals surface area contributed by atoms with Crippen molar-refractivity contribution in [2.75, 3.05) is 12.4 Å². The van der Waals surface area contributed by atoms with E-state index in [0.717, 1.165) is 22.5 Å². The Hall–Kier alpha value is -2.79. The van der Waals surface area contributed by atoms with Crippen LogP contribution in [0.5, 0.6) is 0 Å². The van der Waals surface area contributed by atoms with E-state index in [1.807, 2.05) is 66.5 Å². The minimum atomic E-state index is -0.247. The maximum atomic E-state index is 12.8. The maximum absolute atomic E-state index is 12.8. The molecule has 0 spiro atoms. The SMILES string of the molecule is CN(Cc1cccc(-n2cccn2)c1)C(=O)C1Cc2cc(Cl)ccc2N1. The third kappa shape index (κ3) is 3.30. The Balaban J connectivity index is 1.45. The van der Waals surface area contributed by atoms with Gasteiger partial charge in [-0.3, -0.25) is 4.79 Å². The quantitative estimate of drug-likeness (QED) is 0.768. The Kier molecular flexibility index (Phi) is 4.39. The lowest BCUT2D eigenvalue weighted by atomic mass is 10.1. The zero-order chi connectivity index (χ0) is 18.1. The molecule has 0 fully saturated rings. The molecule has 6 heteroatoms. The van der Waals surface area contributed by atoms with Gasteiger partial charge in [0.25, 0.3) is 0 Å². The van der Waals surface area contributed by atoms with Crippen molar-refractivity contribution in [1.29, 1.82) is 0 Å². The third-order valence-corrected chi connectivity index (χ3v) is 4.83. The van der Waals surface area contributed by atoms with Crippen LogP contribution in [-0.4, -0.2) is 33.7 Å². The van der Waals surface area contributed by atoms with Crippen LogP contribution in [0.4, 0.5) is 5.69 Å². The molecule has 5 nitrogen and oxygen atoms in total. The summed E-state index contributed by atoms with van der Waals surface area (Å²) >= 11 is 6.05. The van der Waals surface area contributed by atoms with Crippen LogP contribution < -0.4 is 5.32 Å². The second-order valence-electron chi connectivity index (χ2n) is 6.52. The summed E-state index contributed by atoms with van der Waals surface area (Å²) in [7, 11) is 1.83. The summed E-state index contributed by atoms with van der Waals surface area (Å²) < 4.78 is 1.81. The van der Waals surface area contributed by atoms with Gasteiger partial charge < -0.3 is 10.2 Å². The normalized spacial score (nSPS) is 15.4. The summed E-state index contributed by atoms with van der Waals surface area (Å²) in [5, 5.41) is 8.24. The van der Waals surface area contributed by atoms with Gasteiger partial charge in [-0.1, -0.05) is 23.7 Å². The average molecular weight is 367 g/mol. The highest BCUT2D eigenvalue weighted by Gasteiger charge is 2.29. The maximum Gasteiger partial charge on any atom is 0.245 e. The fraction of sp³-hybridized carbons (Fsp3) is 0.200. The first-order valence-electron chi connectivity index (χ1n) is 8.49. The molecule has 2 heterocycles. The number of carbonyl (C=O) groups is 1. The number of aromatic nitrogens is 2. The molecule has 1 N–H and O–H groups in total. The molecule has 0 saturated carbocycles. The number of nitrogens with zero attached hydrogens (tertiary/aromatic N) is 3. The molecule has 0 bridgehead atoms. The number of nitrogens with one attached hydrogen (secondary N) is 1. The van der Waals surface area contributed by atoms with Gasteiger partial charge in [-0.05, 0) is 47.5 Å². The lowest BCUT2D eigenvalue weighted by molar-refractivity contribution is -0.131. The Bertz CT molecular complexity index is 939. The Morgan fingerprint density at radius 1 is 1.31 bits per heavy atom. The fourth-order valence-corrected chi connectivity index (χ4v) is 3.51. The Morgan fingerprint density at radius 3 is 3.00 bits per heavy atom. The van der Waals surface area contributed by atoms with Crippen molar-refractivity contribution in [2.45, 2.75) is 19.0 Å². The summed E-state index contributed by atoms with van der Waals surface area (Å²) in [6, 6.07) is 15.4. The van der Waals surface area contributed by atoms with E-state index in [4.69, 9.17) is 11.6 Å². The van der Waals surface area contributed by atoms with E-state index in [-0.39, 0.29) is 11.9 Å². The van der Waals surface area contributed by atoms with Crippen LogP contribution in [0.15, 0.2) is 60.9 Å². The van der Waals surface area contributed by atoms with Crippen molar-refractivity contribution in [3.63, 3.8) is 0 Å². The summed E-state index contributed by atoms with van der Waals surface area (Å²) in [4.78, 5) is 14.6. The molecule has 1 aliphatic heterocycles. The number of benzene rings is 2. The zero-order valence-corrected chi connectivity index (χ0v) is 15.1. The molecular formula is C20H19ClN4O. The van der Waals surface area contributed by atoms with Crippen molar-refractivity contribution >= 4 is 23.2 Å². The van der Waals surface area contributed by atoms with Gasteiger partial charge >= 0.3 is 0 Å². The van der Waals surface area contributed by atoms with Crippen LogP contribution in [0, 0.1) is 0 Å². The second-order valence-corrected chi connectivity index (χ2v) is 6.95. The lowest BCUT2D eigenvalue weighted by Crippen LogP contribution is -2.39. The van der Waals surface area contributed by atoms with Gasteiger partial charge in [0, 0.05) is 43.1 Å². The first kappa shape index (κ1) is 16.7. The van der Waals surface area contributed by atoms with Crippen molar-refractivity contribution in [2.24, 2.45) is 0 Å². The van der Waals surface area contributed by atoms with E-state index in [1.165, 1.54) is 0 Å². The minimum Gasteiger partial charge on any atom is -0.373 e. The lowest BCUT2D eigenvalue weighted by Gasteiger charge is -2.22. The summed E-state index contributed by atoms with van der Waals surface area (Å²) in [5.41, 5.74) is 4.12. The van der Waals surface area contributed by atoms with Crippen LogP contribution in [0.1, 0.15) is 11.1 Å². The number of carbonyl (C=O) groups excluding carboxylic acids is 1. The van der Waals surface area contributed by atoms with Gasteiger partial charge in [0.2, 0.25) is 5.91 Å². The summed E-state index contributed by atoms with van der Waals surface area (Å²) in [5.74, 6) is 0.0711. The van der Waals surface area contributed by atoms with E-state index < -0.39 is 0 Å². The van der Waals surface area contributed by atoms with E-state index in [9.17, 15) is 4.79 Å². The smallest absolute Gasteiger partial charge is 0.245 e. The highest BCUT2D eigenvalue weighted by atomic mass is 35.5. The predicted octanol–water partition coefficient (Wildman–Crippen LogP) is 3.52. The van der Waals surface area contributed by atoms with Crippen LogP contribution in [0.3, 0.4) is 0 Å². The average Bonchev–Trinajstić information content (AvgIpc) is 3.30. The standard InChI is InChI=1S/C20H19ClN4O/c1-24(13-14-4-2-5-17(10-14)25-9-3-8-22-25)20(26)19-12-15-11-16(21)6-7-18(15)23-19/h2-11,19,23H,12-13H2,1H3. The van der Waals surface area contributed by atoms with Crippen LogP contribution in [0.2, 0.25) is 5.02 Å². The Labute approximate surface area is 157 Å². The number of rotatable bonds is 4. The number of anilines is 1. The van der Waals surface area contributed by atoms with Crippen molar-refractivity contribution in [3.8, 4) is 5.69 Å². The molecule has 0 aliphatic carbocycles. The van der Waals surface area contributed by atoms with E-state index >= 15 is 0 Å². The molecule has 1 atom stereocenters. The second kappa shape index (κ2) is 6.84. The number of halogens is 1. The van der Waals surface area contributed by atoms with Crippen LogP contribution in [0.25, 0.3) is 5.69 Å². The predicted molar refractivity (Wildman–Crippen MR) is 103 cm³/mol. The molecular weight excluding hydrogens is 348 g/mol. The number of hydrogen-bond acceptors (Lipinski definition) is 3. The van der Waals surface area contributed by atoms with Crippen molar-refractivity contribution < 1.29 is 4.79 Å². The molecule has 1 aromatic heterocycles. The molecule has 0 saturated heterocycles. The zero-order valence-electron chi connectivity index (χ0n) is 14.4. The number of likely N-dealkylation sites (N-methyl/N-ethyl adjacent to an activating group) is 1. The van der Waals surface area contributed by atoms with Crippen LogP contribution >= 0.6 is 11.6 Å². The van der Waals surface area contributed by atoms with Gasteiger partial charge in [0.1, 0.15) is 6.04 Å². The van der Waals surface area contributed by atoms with Crippen molar-refractivity contribution in [1.82, 2.24) is 14.7 Å². The third-order valence-electron chi connectivity index (χ3n) is 4.59. The first-order valence-corrected chi connectivity index (χ1v) is 8.87. The fourth-order valence-electron chi connectivity index (χ4n) is 3.32. The molecule has 2 aromatic carbocycles. The van der Waals surface area contributed by atoms with Gasteiger partial charge in [-0.2, -0.15) is 5.10 Å². The molecule has 4 rings (SSSR count). The van der Waals surface area contributed by atoms with Crippen LogP contribution in [-0.2, 0) is 17.8 Å². The molecule has 1 unspecified atom stereocenters. The number of hydrogen-bond donors (Lipinski definition) is 1. The molecule has 3 aromatic rings. The summed E-state index contributed by atoms with van der Waals surface area (Å²) in [6.45, 7) is 0.545. The van der Waals surface area contributed by atoms with Gasteiger partial charge in [0.05, 0.1) is 5.69 Å². The molecule has 132 valence electrons. The van der Waals surface area contributed by atoms with E-state index in [0.29, 0.717) is 18.0 Å². The monoisotopic (exact) mass is 366 g/mol. The van der Waals surface area contributed by atoms with Gasteiger partial charge in [0.15, 0.2) is 0 Å². The molecule has 1 amide bonds. The van der Waals surface area contributed by atoms with E-state index in [2.05, 4.69) is 10.4 Å².